The molecule has 0 aliphatic heterocycles. The highest BCUT2D eigenvalue weighted by atomic mass is 16.3. The van der Waals surface area contributed by atoms with Gasteiger partial charge in [-0.05, 0) is 41.7 Å². The lowest BCUT2D eigenvalue weighted by atomic mass is 9.81. The van der Waals surface area contributed by atoms with Crippen molar-refractivity contribution in [1.29, 1.82) is 0 Å². The molecule has 0 radical (unpaired) electrons. The standard InChI is InChI=1S/C22H28N2O/c1-14-13-25-20(23-14)11-15-8-9-18-16(10-15)17(21(2,3)4)12-19(24-18)22(5,6)7/h8-10,12-13H,11H2,1-7H3. The molecule has 3 aromatic rings. The van der Waals surface area contributed by atoms with Gasteiger partial charge in [0.25, 0.3) is 0 Å². The van der Waals surface area contributed by atoms with Crippen molar-refractivity contribution in [2.24, 2.45) is 0 Å². The molecular weight excluding hydrogens is 308 g/mol. The van der Waals surface area contributed by atoms with E-state index in [0.717, 1.165) is 22.8 Å². The number of aromatic nitrogens is 2. The summed E-state index contributed by atoms with van der Waals surface area (Å²) in [6.07, 6.45) is 2.41. The number of hydrogen-bond acceptors (Lipinski definition) is 3. The van der Waals surface area contributed by atoms with Gasteiger partial charge in [0.15, 0.2) is 5.89 Å². The van der Waals surface area contributed by atoms with Gasteiger partial charge in [-0.2, -0.15) is 0 Å². The summed E-state index contributed by atoms with van der Waals surface area (Å²) in [7, 11) is 0. The summed E-state index contributed by atoms with van der Waals surface area (Å²) in [4.78, 5) is 9.36. The smallest absolute Gasteiger partial charge is 0.198 e. The summed E-state index contributed by atoms with van der Waals surface area (Å²) in [6, 6.07) is 8.79. The Morgan fingerprint density at radius 2 is 1.64 bits per heavy atom. The third-order valence-electron chi connectivity index (χ3n) is 4.47. The van der Waals surface area contributed by atoms with Crippen molar-refractivity contribution in [2.75, 3.05) is 0 Å². The van der Waals surface area contributed by atoms with E-state index in [4.69, 9.17) is 9.40 Å². The fraction of sp³-hybridized carbons (Fsp3) is 0.455. The van der Waals surface area contributed by atoms with Gasteiger partial charge >= 0.3 is 0 Å². The van der Waals surface area contributed by atoms with Crippen LogP contribution in [-0.4, -0.2) is 9.97 Å². The maximum Gasteiger partial charge on any atom is 0.198 e. The molecule has 0 saturated carbocycles. The minimum atomic E-state index is 0.0302. The lowest BCUT2D eigenvalue weighted by molar-refractivity contribution is 0.506. The van der Waals surface area contributed by atoms with Crippen LogP contribution in [0, 0.1) is 6.92 Å². The molecule has 25 heavy (non-hydrogen) atoms. The second kappa shape index (κ2) is 5.98. The van der Waals surface area contributed by atoms with Gasteiger partial charge in [-0.1, -0.05) is 47.6 Å². The van der Waals surface area contributed by atoms with Crippen molar-refractivity contribution in [1.82, 2.24) is 9.97 Å². The lowest BCUT2D eigenvalue weighted by Crippen LogP contribution is -2.18. The monoisotopic (exact) mass is 336 g/mol. The summed E-state index contributed by atoms with van der Waals surface area (Å²) in [5.74, 6) is 0.758. The van der Waals surface area contributed by atoms with Gasteiger partial charge in [-0.3, -0.25) is 4.98 Å². The summed E-state index contributed by atoms with van der Waals surface area (Å²) in [5, 5.41) is 1.22. The fourth-order valence-corrected chi connectivity index (χ4v) is 3.05. The number of rotatable bonds is 2. The number of benzene rings is 1. The average Bonchev–Trinajstić information content (AvgIpc) is 2.89. The van der Waals surface area contributed by atoms with E-state index in [1.807, 2.05) is 6.92 Å². The molecule has 132 valence electrons. The van der Waals surface area contributed by atoms with Crippen LogP contribution in [0.4, 0.5) is 0 Å². The number of oxazole rings is 1. The van der Waals surface area contributed by atoms with Crippen LogP contribution >= 0.6 is 0 Å². The molecule has 0 amide bonds. The molecule has 0 saturated heterocycles. The zero-order valence-electron chi connectivity index (χ0n) is 16.4. The van der Waals surface area contributed by atoms with E-state index in [2.05, 4.69) is 70.8 Å². The van der Waals surface area contributed by atoms with Gasteiger partial charge in [0, 0.05) is 22.9 Å². The number of fused-ring (bicyclic) bond motifs is 1. The highest BCUT2D eigenvalue weighted by Crippen LogP contribution is 2.34. The number of hydrogen-bond donors (Lipinski definition) is 0. The first-order chi connectivity index (χ1) is 11.5. The highest BCUT2D eigenvalue weighted by Gasteiger charge is 2.23. The van der Waals surface area contributed by atoms with E-state index < -0.39 is 0 Å². The molecule has 3 rings (SSSR count). The summed E-state index contributed by atoms with van der Waals surface area (Å²) < 4.78 is 5.51. The van der Waals surface area contributed by atoms with Crippen molar-refractivity contribution < 1.29 is 4.42 Å². The van der Waals surface area contributed by atoms with E-state index in [1.54, 1.807) is 6.26 Å². The van der Waals surface area contributed by atoms with Crippen LogP contribution < -0.4 is 0 Å². The normalized spacial score (nSPS) is 12.8. The summed E-state index contributed by atoms with van der Waals surface area (Å²) >= 11 is 0. The van der Waals surface area contributed by atoms with Crippen LogP contribution in [0.25, 0.3) is 10.9 Å². The van der Waals surface area contributed by atoms with Crippen molar-refractivity contribution in [3.63, 3.8) is 0 Å². The van der Waals surface area contributed by atoms with Crippen LogP contribution in [-0.2, 0) is 17.3 Å². The molecule has 0 spiro atoms. The zero-order valence-corrected chi connectivity index (χ0v) is 16.4. The first kappa shape index (κ1) is 17.7. The van der Waals surface area contributed by atoms with Crippen molar-refractivity contribution in [2.45, 2.75) is 65.7 Å². The van der Waals surface area contributed by atoms with Crippen LogP contribution in [0.3, 0.4) is 0 Å². The van der Waals surface area contributed by atoms with Crippen molar-refractivity contribution in [3.05, 3.63) is 58.9 Å². The van der Waals surface area contributed by atoms with Crippen LogP contribution in [0.15, 0.2) is 34.9 Å². The first-order valence-electron chi connectivity index (χ1n) is 8.90. The molecular formula is C22H28N2O. The Balaban J connectivity index is 2.14. The molecule has 0 aliphatic rings. The maximum absolute atomic E-state index is 5.51. The van der Waals surface area contributed by atoms with Gasteiger partial charge in [-0.15, -0.1) is 0 Å². The second-order valence-electron chi connectivity index (χ2n) is 8.97. The molecule has 0 fully saturated rings. The number of pyridine rings is 1. The Labute approximate surface area is 150 Å². The van der Waals surface area contributed by atoms with Gasteiger partial charge < -0.3 is 4.42 Å². The first-order valence-corrected chi connectivity index (χ1v) is 8.90. The maximum atomic E-state index is 5.51. The third-order valence-corrected chi connectivity index (χ3v) is 4.47. The Morgan fingerprint density at radius 1 is 0.920 bits per heavy atom. The molecule has 1 aromatic carbocycles. The Bertz CT molecular complexity index is 908. The molecule has 0 bridgehead atoms. The van der Waals surface area contributed by atoms with Crippen LogP contribution in [0.1, 0.15) is 69.9 Å². The Kier molecular flexibility index (Phi) is 4.22. The summed E-state index contributed by atoms with van der Waals surface area (Å²) in [6.45, 7) is 15.4. The fourth-order valence-electron chi connectivity index (χ4n) is 3.05. The quantitative estimate of drug-likeness (QED) is 0.601. The predicted molar refractivity (Wildman–Crippen MR) is 103 cm³/mol. The van der Waals surface area contributed by atoms with Gasteiger partial charge in [-0.25, -0.2) is 4.98 Å². The summed E-state index contributed by atoms with van der Waals surface area (Å²) in [5.41, 5.74) is 5.74. The van der Waals surface area contributed by atoms with Crippen LogP contribution in [0.5, 0.6) is 0 Å². The Morgan fingerprint density at radius 3 is 2.20 bits per heavy atom. The second-order valence-corrected chi connectivity index (χ2v) is 8.97. The van der Waals surface area contributed by atoms with Crippen molar-refractivity contribution >= 4 is 10.9 Å². The molecule has 2 heterocycles. The van der Waals surface area contributed by atoms with E-state index in [-0.39, 0.29) is 10.8 Å². The van der Waals surface area contributed by atoms with E-state index in [0.29, 0.717) is 6.42 Å². The molecule has 3 nitrogen and oxygen atoms in total. The van der Waals surface area contributed by atoms with Crippen LogP contribution in [0.2, 0.25) is 0 Å². The van der Waals surface area contributed by atoms with Gasteiger partial charge in [0.2, 0.25) is 0 Å². The van der Waals surface area contributed by atoms with E-state index in [1.165, 1.54) is 16.5 Å². The van der Waals surface area contributed by atoms with Gasteiger partial charge in [0.1, 0.15) is 6.26 Å². The minimum Gasteiger partial charge on any atom is -0.448 e. The zero-order chi connectivity index (χ0) is 18.4. The van der Waals surface area contributed by atoms with E-state index in [9.17, 15) is 0 Å². The third kappa shape index (κ3) is 3.76. The number of nitrogens with zero attached hydrogens (tertiary/aromatic N) is 2. The largest absolute Gasteiger partial charge is 0.448 e. The Hall–Kier alpha value is -2.16. The molecule has 0 aliphatic carbocycles. The SMILES string of the molecule is Cc1coc(Cc2ccc3nc(C(C)(C)C)cc(C(C)(C)C)c3c2)n1. The van der Waals surface area contributed by atoms with Crippen molar-refractivity contribution in [3.8, 4) is 0 Å². The molecule has 0 atom stereocenters. The number of aryl methyl sites for hydroxylation is 1. The van der Waals surface area contributed by atoms with E-state index >= 15 is 0 Å². The molecule has 0 unspecified atom stereocenters. The topological polar surface area (TPSA) is 38.9 Å². The van der Waals surface area contributed by atoms with Gasteiger partial charge in [0.05, 0.1) is 11.2 Å². The molecule has 2 aromatic heterocycles. The highest BCUT2D eigenvalue weighted by molar-refractivity contribution is 5.84. The average molecular weight is 336 g/mol. The lowest BCUT2D eigenvalue weighted by Gasteiger charge is -2.26. The predicted octanol–water partition coefficient (Wildman–Crippen LogP) is 5.72. The molecule has 3 heteroatoms. The minimum absolute atomic E-state index is 0.0302. The molecule has 0 N–H and O–H groups in total.